The molecule has 0 spiro atoms. The quantitative estimate of drug-likeness (QED) is 0.494. The molecule has 7 heteroatoms. The molecule has 5 nitrogen and oxygen atoms in total. The van der Waals surface area contributed by atoms with E-state index in [1.165, 1.54) is 0 Å². The summed E-state index contributed by atoms with van der Waals surface area (Å²) in [4.78, 5) is 0. The van der Waals surface area contributed by atoms with Crippen LogP contribution in [0.5, 0.6) is 17.2 Å². The predicted molar refractivity (Wildman–Crippen MR) is 115 cm³/mol. The summed E-state index contributed by atoms with van der Waals surface area (Å²) in [5.41, 5.74) is 4.01. The SMILES string of the molecule is Clc1ccc([C@H]2Oc3ccccc3[C@@H]3CC(c4ccc5c(c4)OCO5)=NN23)cc1Cl. The molecule has 0 aromatic heterocycles. The van der Waals surface area contributed by atoms with Crippen molar-refractivity contribution in [3.05, 3.63) is 87.4 Å². The van der Waals surface area contributed by atoms with Gasteiger partial charge in [-0.05, 0) is 36.4 Å². The van der Waals surface area contributed by atoms with Gasteiger partial charge in [-0.25, -0.2) is 5.01 Å². The lowest BCUT2D eigenvalue weighted by atomic mass is 9.96. The van der Waals surface area contributed by atoms with Gasteiger partial charge in [0.25, 0.3) is 0 Å². The van der Waals surface area contributed by atoms with E-state index in [4.69, 9.17) is 42.5 Å². The number of rotatable bonds is 2. The van der Waals surface area contributed by atoms with Gasteiger partial charge in [0.2, 0.25) is 13.0 Å². The zero-order valence-electron chi connectivity index (χ0n) is 15.7. The highest BCUT2D eigenvalue weighted by molar-refractivity contribution is 6.42. The molecule has 0 bridgehead atoms. The molecule has 0 saturated heterocycles. The fourth-order valence-corrected chi connectivity index (χ4v) is 4.48. The Hall–Kier alpha value is -2.89. The van der Waals surface area contributed by atoms with Crippen LogP contribution in [0, 0.1) is 0 Å². The molecule has 3 aliphatic heterocycles. The Morgan fingerprint density at radius 3 is 2.63 bits per heavy atom. The van der Waals surface area contributed by atoms with Crippen LogP contribution in [0.3, 0.4) is 0 Å². The molecule has 30 heavy (non-hydrogen) atoms. The normalized spacial score (nSPS) is 21.0. The van der Waals surface area contributed by atoms with Gasteiger partial charge in [0.1, 0.15) is 5.75 Å². The number of ether oxygens (including phenoxy) is 3. The molecule has 0 fully saturated rings. The second-order valence-electron chi connectivity index (χ2n) is 7.40. The van der Waals surface area contributed by atoms with E-state index in [9.17, 15) is 0 Å². The number of hydrogen-bond donors (Lipinski definition) is 0. The molecule has 0 aliphatic carbocycles. The van der Waals surface area contributed by atoms with Crippen molar-refractivity contribution in [3.63, 3.8) is 0 Å². The molecular formula is C23H16Cl2N2O3. The van der Waals surface area contributed by atoms with Gasteiger partial charge in [0.15, 0.2) is 11.5 Å². The standard InChI is InChI=1S/C23H16Cl2N2O3/c24-16-7-5-14(9-17(16)25)23-27-19(15-3-1-2-4-20(15)30-23)11-18(26-27)13-6-8-21-22(10-13)29-12-28-21/h1-10,19,23H,11-12H2/t19-,23+/m0/s1. The van der Waals surface area contributed by atoms with Crippen LogP contribution in [0.15, 0.2) is 65.8 Å². The van der Waals surface area contributed by atoms with Gasteiger partial charge in [-0.3, -0.25) is 0 Å². The minimum absolute atomic E-state index is 0.0647. The van der Waals surface area contributed by atoms with Crippen molar-refractivity contribution in [3.8, 4) is 17.2 Å². The number of nitrogens with zero attached hydrogens (tertiary/aromatic N) is 2. The van der Waals surface area contributed by atoms with Crippen LogP contribution in [0.4, 0.5) is 0 Å². The van der Waals surface area contributed by atoms with E-state index in [1.807, 2.05) is 53.5 Å². The van der Waals surface area contributed by atoms with E-state index in [1.54, 1.807) is 6.07 Å². The third-order valence-corrected chi connectivity index (χ3v) is 6.37. The van der Waals surface area contributed by atoms with Gasteiger partial charge in [0.05, 0.1) is 21.8 Å². The molecule has 6 rings (SSSR count). The van der Waals surface area contributed by atoms with Crippen molar-refractivity contribution in [2.45, 2.75) is 18.7 Å². The van der Waals surface area contributed by atoms with Gasteiger partial charge >= 0.3 is 0 Å². The van der Waals surface area contributed by atoms with Gasteiger partial charge in [0, 0.05) is 23.1 Å². The smallest absolute Gasteiger partial charge is 0.231 e. The number of para-hydroxylation sites is 1. The number of hydrogen-bond acceptors (Lipinski definition) is 5. The number of hydrazone groups is 1. The number of benzene rings is 3. The molecular weight excluding hydrogens is 423 g/mol. The summed E-state index contributed by atoms with van der Waals surface area (Å²) < 4.78 is 17.3. The lowest BCUT2D eigenvalue weighted by Gasteiger charge is -2.38. The number of fused-ring (bicyclic) bond motifs is 4. The lowest BCUT2D eigenvalue weighted by molar-refractivity contribution is -0.0190. The monoisotopic (exact) mass is 438 g/mol. The minimum Gasteiger partial charge on any atom is -0.464 e. The second-order valence-corrected chi connectivity index (χ2v) is 8.21. The first-order valence-electron chi connectivity index (χ1n) is 9.64. The van der Waals surface area contributed by atoms with E-state index < -0.39 is 6.23 Å². The highest BCUT2D eigenvalue weighted by Gasteiger charge is 2.41. The summed E-state index contributed by atoms with van der Waals surface area (Å²) >= 11 is 12.4. The molecule has 2 atom stereocenters. The molecule has 150 valence electrons. The van der Waals surface area contributed by atoms with Gasteiger partial charge in [-0.15, -0.1) is 0 Å². The van der Waals surface area contributed by atoms with Crippen molar-refractivity contribution < 1.29 is 14.2 Å². The van der Waals surface area contributed by atoms with E-state index in [-0.39, 0.29) is 12.8 Å². The Kier molecular flexibility index (Phi) is 4.08. The average Bonchev–Trinajstić information content (AvgIpc) is 3.42. The van der Waals surface area contributed by atoms with Crippen molar-refractivity contribution in [1.82, 2.24) is 5.01 Å². The molecule has 0 radical (unpaired) electrons. The van der Waals surface area contributed by atoms with Crippen LogP contribution in [0.25, 0.3) is 0 Å². The van der Waals surface area contributed by atoms with Crippen molar-refractivity contribution in [2.24, 2.45) is 5.10 Å². The third kappa shape index (κ3) is 2.81. The van der Waals surface area contributed by atoms with Crippen LogP contribution in [0.2, 0.25) is 10.0 Å². The first kappa shape index (κ1) is 17.9. The molecule has 3 heterocycles. The van der Waals surface area contributed by atoms with Crippen molar-refractivity contribution in [1.29, 1.82) is 0 Å². The maximum Gasteiger partial charge on any atom is 0.231 e. The Balaban J connectivity index is 1.43. The maximum absolute atomic E-state index is 6.36. The van der Waals surface area contributed by atoms with E-state index in [2.05, 4.69) is 6.07 Å². The molecule has 3 aromatic carbocycles. The third-order valence-electron chi connectivity index (χ3n) is 5.63. The summed E-state index contributed by atoms with van der Waals surface area (Å²) in [5.74, 6) is 2.37. The van der Waals surface area contributed by atoms with Crippen LogP contribution >= 0.6 is 23.2 Å². The first-order chi connectivity index (χ1) is 14.7. The van der Waals surface area contributed by atoms with Crippen LogP contribution in [-0.2, 0) is 0 Å². The summed E-state index contributed by atoms with van der Waals surface area (Å²) in [7, 11) is 0. The Bertz CT molecular complexity index is 1200. The summed E-state index contributed by atoms with van der Waals surface area (Å²) in [5, 5.41) is 7.99. The van der Waals surface area contributed by atoms with Crippen molar-refractivity contribution in [2.75, 3.05) is 6.79 Å². The summed E-state index contributed by atoms with van der Waals surface area (Å²) in [6.07, 6.45) is 0.365. The first-order valence-corrected chi connectivity index (χ1v) is 10.4. The number of halogens is 2. The molecule has 0 unspecified atom stereocenters. The van der Waals surface area contributed by atoms with Crippen LogP contribution < -0.4 is 14.2 Å². The average molecular weight is 439 g/mol. The fraction of sp³-hybridized carbons (Fsp3) is 0.174. The lowest BCUT2D eigenvalue weighted by Crippen LogP contribution is -2.33. The largest absolute Gasteiger partial charge is 0.464 e. The summed E-state index contributed by atoms with van der Waals surface area (Å²) in [6, 6.07) is 19.7. The highest BCUT2D eigenvalue weighted by atomic mass is 35.5. The minimum atomic E-state index is -0.397. The Labute approximate surface area is 183 Å². The molecule has 0 saturated carbocycles. The van der Waals surface area contributed by atoms with Crippen LogP contribution in [-0.4, -0.2) is 17.5 Å². The zero-order chi connectivity index (χ0) is 20.2. The van der Waals surface area contributed by atoms with Gasteiger partial charge in [-0.2, -0.15) is 5.10 Å². The fourth-order valence-electron chi connectivity index (χ4n) is 4.17. The predicted octanol–water partition coefficient (Wildman–Crippen LogP) is 5.96. The zero-order valence-corrected chi connectivity index (χ0v) is 17.2. The topological polar surface area (TPSA) is 43.3 Å². The maximum atomic E-state index is 6.36. The van der Waals surface area contributed by atoms with Crippen molar-refractivity contribution >= 4 is 28.9 Å². The molecule has 0 N–H and O–H groups in total. The Morgan fingerprint density at radius 1 is 0.867 bits per heavy atom. The van der Waals surface area contributed by atoms with E-state index in [0.29, 0.717) is 10.0 Å². The molecule has 3 aliphatic rings. The summed E-state index contributed by atoms with van der Waals surface area (Å²) in [6.45, 7) is 0.251. The van der Waals surface area contributed by atoms with Gasteiger partial charge in [-0.1, -0.05) is 47.5 Å². The van der Waals surface area contributed by atoms with E-state index >= 15 is 0 Å². The second kappa shape index (κ2) is 6.83. The Morgan fingerprint density at radius 2 is 1.73 bits per heavy atom. The highest BCUT2D eigenvalue weighted by Crippen LogP contribution is 2.48. The van der Waals surface area contributed by atoms with Crippen LogP contribution in [0.1, 0.15) is 35.4 Å². The van der Waals surface area contributed by atoms with E-state index in [0.717, 1.165) is 46.1 Å². The molecule has 3 aromatic rings. The molecule has 0 amide bonds. The van der Waals surface area contributed by atoms with Gasteiger partial charge < -0.3 is 14.2 Å².